The van der Waals surface area contributed by atoms with Crippen molar-refractivity contribution in [3.63, 3.8) is 0 Å². The smallest absolute Gasteiger partial charge is 0.416 e. The molecule has 0 spiro atoms. The minimum absolute atomic E-state index is 0.150. The Morgan fingerprint density at radius 3 is 2.46 bits per heavy atom. The largest absolute Gasteiger partial charge is 0.439 e. The molecule has 3 rings (SSSR count). The molecule has 1 heterocycles. The van der Waals surface area contributed by atoms with E-state index in [4.69, 9.17) is 4.74 Å². The Bertz CT molecular complexity index is 882. The Morgan fingerprint density at radius 2 is 1.73 bits per heavy atom. The molecule has 0 radical (unpaired) electrons. The molecule has 0 saturated carbocycles. The van der Waals surface area contributed by atoms with E-state index in [-0.39, 0.29) is 18.2 Å². The molecule has 1 N–H and O–H groups in total. The molecule has 134 valence electrons. The number of nitrogens with zero attached hydrogens (tertiary/aromatic N) is 2. The number of hydrogen-bond donors (Lipinski definition) is 1. The molecule has 0 aliphatic carbocycles. The van der Waals surface area contributed by atoms with Gasteiger partial charge in [0.15, 0.2) is 0 Å². The van der Waals surface area contributed by atoms with Gasteiger partial charge in [-0.05, 0) is 42.0 Å². The van der Waals surface area contributed by atoms with Gasteiger partial charge < -0.3 is 10.1 Å². The summed E-state index contributed by atoms with van der Waals surface area (Å²) in [5.41, 5.74) is -0.251. The van der Waals surface area contributed by atoms with E-state index in [1.54, 1.807) is 6.07 Å². The van der Waals surface area contributed by atoms with Gasteiger partial charge in [0, 0.05) is 12.6 Å². The first-order chi connectivity index (χ1) is 12.4. The van der Waals surface area contributed by atoms with E-state index in [0.29, 0.717) is 17.1 Å². The summed E-state index contributed by atoms with van der Waals surface area (Å²) in [5.74, 6) is 0.616. The molecule has 0 bridgehead atoms. The topological polar surface area (TPSA) is 47.0 Å². The maximum atomic E-state index is 12.9. The second-order valence-corrected chi connectivity index (χ2v) is 5.35. The van der Waals surface area contributed by atoms with Crippen LogP contribution in [-0.4, -0.2) is 9.97 Å². The van der Waals surface area contributed by atoms with Crippen LogP contribution in [0.25, 0.3) is 0 Å². The van der Waals surface area contributed by atoms with E-state index in [2.05, 4.69) is 15.3 Å². The van der Waals surface area contributed by atoms with E-state index < -0.39 is 11.7 Å². The summed E-state index contributed by atoms with van der Waals surface area (Å²) < 4.78 is 56.6. The predicted molar refractivity (Wildman–Crippen MR) is 87.3 cm³/mol. The number of halogens is 4. The van der Waals surface area contributed by atoms with Gasteiger partial charge in [0.1, 0.15) is 23.7 Å². The number of benzene rings is 2. The monoisotopic (exact) mass is 363 g/mol. The first-order valence-electron chi connectivity index (χ1n) is 7.55. The van der Waals surface area contributed by atoms with Gasteiger partial charge in [-0.25, -0.2) is 14.4 Å². The molecule has 0 unspecified atom stereocenters. The Morgan fingerprint density at radius 1 is 0.962 bits per heavy atom. The lowest BCUT2D eigenvalue weighted by Crippen LogP contribution is -2.07. The zero-order chi connectivity index (χ0) is 18.6. The van der Waals surface area contributed by atoms with Crippen LogP contribution >= 0.6 is 0 Å². The SMILES string of the molecule is Fc1ccc(Oc2cc(NCc3cccc(C(F)(F)F)c3)ncn2)cc1. The van der Waals surface area contributed by atoms with Gasteiger partial charge in [0.05, 0.1) is 5.56 Å². The molecule has 3 aromatic rings. The van der Waals surface area contributed by atoms with Gasteiger partial charge in [-0.1, -0.05) is 12.1 Å². The average Bonchev–Trinajstić information content (AvgIpc) is 2.62. The van der Waals surface area contributed by atoms with Crippen LogP contribution in [0, 0.1) is 5.82 Å². The van der Waals surface area contributed by atoms with Crippen molar-refractivity contribution in [2.45, 2.75) is 12.7 Å². The third kappa shape index (κ3) is 4.69. The number of hydrogen-bond acceptors (Lipinski definition) is 4. The van der Waals surface area contributed by atoms with Crippen LogP contribution in [-0.2, 0) is 12.7 Å². The van der Waals surface area contributed by atoms with Gasteiger partial charge >= 0.3 is 6.18 Å². The van der Waals surface area contributed by atoms with E-state index in [9.17, 15) is 17.6 Å². The third-order valence-corrected chi connectivity index (χ3v) is 3.41. The summed E-state index contributed by atoms with van der Waals surface area (Å²) in [7, 11) is 0. The fourth-order valence-electron chi connectivity index (χ4n) is 2.17. The average molecular weight is 363 g/mol. The number of nitrogens with one attached hydrogen (secondary N) is 1. The molecule has 0 aliphatic heterocycles. The Kier molecular flexibility index (Phi) is 5.01. The summed E-state index contributed by atoms with van der Waals surface area (Å²) >= 11 is 0. The highest BCUT2D eigenvalue weighted by molar-refractivity contribution is 5.40. The Labute approximate surface area is 146 Å². The molecule has 26 heavy (non-hydrogen) atoms. The number of aromatic nitrogens is 2. The first kappa shape index (κ1) is 17.7. The van der Waals surface area contributed by atoms with Crippen LogP contribution < -0.4 is 10.1 Å². The molecular weight excluding hydrogens is 350 g/mol. The van der Waals surface area contributed by atoms with E-state index in [0.717, 1.165) is 12.1 Å². The van der Waals surface area contributed by atoms with Gasteiger partial charge in [0.2, 0.25) is 5.88 Å². The summed E-state index contributed by atoms with van der Waals surface area (Å²) in [5, 5.41) is 2.92. The van der Waals surface area contributed by atoms with Gasteiger partial charge in [-0.15, -0.1) is 0 Å². The third-order valence-electron chi connectivity index (χ3n) is 3.41. The Hall–Kier alpha value is -3.16. The fourth-order valence-corrected chi connectivity index (χ4v) is 2.17. The van der Waals surface area contributed by atoms with Crippen molar-refractivity contribution in [1.29, 1.82) is 0 Å². The second-order valence-electron chi connectivity index (χ2n) is 5.35. The molecule has 0 atom stereocenters. The normalized spacial score (nSPS) is 11.2. The van der Waals surface area contributed by atoms with Gasteiger partial charge in [-0.2, -0.15) is 13.2 Å². The number of rotatable bonds is 5. The van der Waals surface area contributed by atoms with Crippen LogP contribution in [0.15, 0.2) is 60.9 Å². The van der Waals surface area contributed by atoms with Crippen LogP contribution in [0.2, 0.25) is 0 Å². The highest BCUT2D eigenvalue weighted by Crippen LogP contribution is 2.29. The standard InChI is InChI=1S/C18H13F4N3O/c19-14-4-6-15(7-5-14)26-17-9-16(24-11-25-17)23-10-12-2-1-3-13(8-12)18(20,21)22/h1-9,11H,10H2,(H,23,24,25). The number of alkyl halides is 3. The van der Waals surface area contributed by atoms with Crippen LogP contribution in [0.5, 0.6) is 11.6 Å². The fraction of sp³-hybridized carbons (Fsp3) is 0.111. The molecule has 2 aromatic carbocycles. The Balaban J connectivity index is 1.66. The zero-order valence-corrected chi connectivity index (χ0v) is 13.3. The molecule has 0 aliphatic rings. The van der Waals surface area contributed by atoms with E-state index in [1.807, 2.05) is 0 Å². The summed E-state index contributed by atoms with van der Waals surface area (Å²) in [6.45, 7) is 0.150. The highest BCUT2D eigenvalue weighted by Gasteiger charge is 2.30. The minimum atomic E-state index is -4.39. The lowest BCUT2D eigenvalue weighted by atomic mass is 10.1. The quantitative estimate of drug-likeness (QED) is 0.645. The number of ether oxygens (including phenoxy) is 1. The van der Waals surface area contributed by atoms with Crippen molar-refractivity contribution in [3.8, 4) is 11.6 Å². The van der Waals surface area contributed by atoms with Crippen molar-refractivity contribution >= 4 is 5.82 Å². The predicted octanol–water partition coefficient (Wildman–Crippen LogP) is 5.04. The minimum Gasteiger partial charge on any atom is -0.439 e. The van der Waals surface area contributed by atoms with Crippen molar-refractivity contribution in [2.24, 2.45) is 0 Å². The molecular formula is C18H13F4N3O. The maximum Gasteiger partial charge on any atom is 0.416 e. The summed E-state index contributed by atoms with van der Waals surface area (Å²) in [6, 6.07) is 11.9. The molecule has 1 aromatic heterocycles. The lowest BCUT2D eigenvalue weighted by molar-refractivity contribution is -0.137. The van der Waals surface area contributed by atoms with E-state index in [1.165, 1.54) is 42.7 Å². The van der Waals surface area contributed by atoms with Gasteiger partial charge in [0.25, 0.3) is 0 Å². The molecule has 8 heteroatoms. The van der Waals surface area contributed by atoms with E-state index >= 15 is 0 Å². The molecule has 0 saturated heterocycles. The lowest BCUT2D eigenvalue weighted by Gasteiger charge is -2.10. The van der Waals surface area contributed by atoms with Crippen molar-refractivity contribution in [2.75, 3.05) is 5.32 Å². The van der Waals surface area contributed by atoms with Crippen LogP contribution in [0.1, 0.15) is 11.1 Å². The highest BCUT2D eigenvalue weighted by atomic mass is 19.4. The van der Waals surface area contributed by atoms with Gasteiger partial charge in [-0.3, -0.25) is 0 Å². The first-order valence-corrected chi connectivity index (χ1v) is 7.55. The van der Waals surface area contributed by atoms with Crippen molar-refractivity contribution in [1.82, 2.24) is 9.97 Å². The molecule has 0 amide bonds. The van der Waals surface area contributed by atoms with Crippen LogP contribution in [0.4, 0.5) is 23.4 Å². The second kappa shape index (κ2) is 7.38. The maximum absolute atomic E-state index is 12.9. The summed E-state index contributed by atoms with van der Waals surface area (Å²) in [6.07, 6.45) is -3.13. The van der Waals surface area contributed by atoms with Crippen molar-refractivity contribution < 1.29 is 22.3 Å². The van der Waals surface area contributed by atoms with Crippen molar-refractivity contribution in [3.05, 3.63) is 77.9 Å². The molecule has 0 fully saturated rings. The summed E-state index contributed by atoms with van der Waals surface area (Å²) in [4.78, 5) is 7.94. The number of anilines is 1. The zero-order valence-electron chi connectivity index (χ0n) is 13.3. The molecule has 4 nitrogen and oxygen atoms in total. The van der Waals surface area contributed by atoms with Crippen LogP contribution in [0.3, 0.4) is 0 Å².